The van der Waals surface area contributed by atoms with Gasteiger partial charge in [0.25, 0.3) is 0 Å². The molecule has 1 saturated heterocycles. The highest BCUT2D eigenvalue weighted by Crippen LogP contribution is 2.03. The summed E-state index contributed by atoms with van der Waals surface area (Å²) >= 11 is 0. The van der Waals surface area contributed by atoms with Crippen LogP contribution in [0.5, 0.6) is 0 Å². The first-order valence-corrected chi connectivity index (χ1v) is 6.68. The molecule has 1 aromatic rings. The van der Waals surface area contributed by atoms with Gasteiger partial charge in [0.15, 0.2) is 0 Å². The summed E-state index contributed by atoms with van der Waals surface area (Å²) in [6, 6.07) is 6.29. The van der Waals surface area contributed by atoms with Gasteiger partial charge in [0.1, 0.15) is 5.82 Å². The lowest BCUT2D eigenvalue weighted by Crippen LogP contribution is -2.38. The Bertz CT molecular complexity index is 417. The molecule has 1 aliphatic rings. The molecule has 1 aromatic carbocycles. The lowest BCUT2D eigenvalue weighted by atomic mass is 10.2. The van der Waals surface area contributed by atoms with Crippen molar-refractivity contribution in [2.24, 2.45) is 0 Å². The van der Waals surface area contributed by atoms with Crippen LogP contribution in [0.15, 0.2) is 24.3 Å². The quantitative estimate of drug-likeness (QED) is 0.844. The molecule has 1 aliphatic heterocycles. The third-order valence-electron chi connectivity index (χ3n) is 3.18. The Kier molecular flexibility index (Phi) is 5.30. The molecule has 4 nitrogen and oxygen atoms in total. The van der Waals surface area contributed by atoms with Gasteiger partial charge >= 0.3 is 0 Å². The molecule has 0 bridgehead atoms. The van der Waals surface area contributed by atoms with Crippen molar-refractivity contribution in [3.8, 4) is 0 Å². The maximum absolute atomic E-state index is 13.0. The van der Waals surface area contributed by atoms with Gasteiger partial charge < -0.3 is 10.6 Å². The second-order valence-corrected chi connectivity index (χ2v) is 4.79. The number of rotatable bonds is 4. The molecular formula is C14H20FN3O. The lowest BCUT2D eigenvalue weighted by Gasteiger charge is -2.18. The van der Waals surface area contributed by atoms with Crippen LogP contribution in [0, 0.1) is 5.82 Å². The fraction of sp³-hybridized carbons (Fsp3) is 0.500. The Labute approximate surface area is 113 Å². The fourth-order valence-electron chi connectivity index (χ4n) is 2.17. The number of carbonyl (C=O) groups excluding carboxylic acids is 1. The van der Waals surface area contributed by atoms with Gasteiger partial charge in [-0.15, -0.1) is 0 Å². The van der Waals surface area contributed by atoms with E-state index in [2.05, 4.69) is 15.5 Å². The summed E-state index contributed by atoms with van der Waals surface area (Å²) in [7, 11) is 0. The van der Waals surface area contributed by atoms with Gasteiger partial charge in [-0.2, -0.15) is 0 Å². The number of benzene rings is 1. The van der Waals surface area contributed by atoms with Gasteiger partial charge in [0, 0.05) is 19.6 Å². The molecule has 0 atom stereocenters. The summed E-state index contributed by atoms with van der Waals surface area (Å²) in [6.45, 7) is 4.58. The van der Waals surface area contributed by atoms with Gasteiger partial charge in [-0.25, -0.2) is 4.39 Å². The molecule has 1 heterocycles. The first-order chi connectivity index (χ1) is 9.24. The second kappa shape index (κ2) is 7.21. The van der Waals surface area contributed by atoms with Crippen molar-refractivity contribution in [3.63, 3.8) is 0 Å². The Balaban J connectivity index is 1.74. The van der Waals surface area contributed by atoms with Gasteiger partial charge in [-0.1, -0.05) is 12.1 Å². The van der Waals surface area contributed by atoms with Crippen LogP contribution in [-0.2, 0) is 11.3 Å². The molecule has 1 fully saturated rings. The van der Waals surface area contributed by atoms with E-state index in [9.17, 15) is 9.18 Å². The molecule has 0 aromatic heterocycles. The molecule has 1 amide bonds. The van der Waals surface area contributed by atoms with Gasteiger partial charge in [-0.3, -0.25) is 9.69 Å². The van der Waals surface area contributed by atoms with Gasteiger partial charge in [0.2, 0.25) is 5.91 Å². The number of carbonyl (C=O) groups is 1. The molecule has 0 radical (unpaired) electrons. The summed E-state index contributed by atoms with van der Waals surface area (Å²) in [4.78, 5) is 14.0. The number of nitrogens with zero attached hydrogens (tertiary/aromatic N) is 1. The van der Waals surface area contributed by atoms with Crippen LogP contribution in [0.25, 0.3) is 0 Å². The van der Waals surface area contributed by atoms with Crippen LogP contribution in [-0.4, -0.2) is 43.5 Å². The molecule has 2 rings (SSSR count). The molecule has 19 heavy (non-hydrogen) atoms. The van der Waals surface area contributed by atoms with E-state index in [-0.39, 0.29) is 11.7 Å². The van der Waals surface area contributed by atoms with Crippen molar-refractivity contribution in [2.75, 3.05) is 32.7 Å². The fourth-order valence-corrected chi connectivity index (χ4v) is 2.17. The summed E-state index contributed by atoms with van der Waals surface area (Å²) in [5.41, 5.74) is 0.783. The first-order valence-electron chi connectivity index (χ1n) is 6.68. The predicted molar refractivity (Wildman–Crippen MR) is 72.2 cm³/mol. The molecule has 5 heteroatoms. The summed E-state index contributed by atoms with van der Waals surface area (Å²) in [6.07, 6.45) is 1.07. The zero-order valence-electron chi connectivity index (χ0n) is 11.0. The standard InChI is InChI=1S/C14H20FN3O/c15-13-4-1-3-12(9-13)10-17-14(19)11-18-7-2-5-16-6-8-18/h1,3-4,9,16H,2,5-8,10-11H2,(H,17,19). The van der Waals surface area contributed by atoms with E-state index in [1.807, 2.05) is 0 Å². The molecule has 2 N–H and O–H groups in total. The Morgan fingerprint density at radius 2 is 2.26 bits per heavy atom. The van der Waals surface area contributed by atoms with E-state index in [0.29, 0.717) is 13.1 Å². The van der Waals surface area contributed by atoms with Crippen LogP contribution < -0.4 is 10.6 Å². The largest absolute Gasteiger partial charge is 0.351 e. The Hall–Kier alpha value is -1.46. The van der Waals surface area contributed by atoms with E-state index >= 15 is 0 Å². The highest BCUT2D eigenvalue weighted by molar-refractivity contribution is 5.78. The maximum Gasteiger partial charge on any atom is 0.234 e. The van der Waals surface area contributed by atoms with Crippen LogP contribution >= 0.6 is 0 Å². The molecule has 104 valence electrons. The van der Waals surface area contributed by atoms with Crippen LogP contribution in [0.2, 0.25) is 0 Å². The first kappa shape index (κ1) is 14.0. The van der Waals surface area contributed by atoms with Crippen LogP contribution in [0.4, 0.5) is 4.39 Å². The molecular weight excluding hydrogens is 245 g/mol. The highest BCUT2D eigenvalue weighted by Gasteiger charge is 2.12. The van der Waals surface area contributed by atoms with Crippen molar-refractivity contribution in [3.05, 3.63) is 35.6 Å². The minimum absolute atomic E-state index is 0.00818. The van der Waals surface area contributed by atoms with Crippen molar-refractivity contribution in [2.45, 2.75) is 13.0 Å². The normalized spacial score (nSPS) is 16.9. The van der Waals surface area contributed by atoms with Gasteiger partial charge in [0.05, 0.1) is 6.54 Å². The molecule has 0 unspecified atom stereocenters. The average Bonchev–Trinajstić information content (AvgIpc) is 2.65. The SMILES string of the molecule is O=C(CN1CCCNCC1)NCc1cccc(F)c1. The molecule has 0 spiro atoms. The van der Waals surface area contributed by atoms with Crippen molar-refractivity contribution < 1.29 is 9.18 Å². The number of hydrogen-bond donors (Lipinski definition) is 2. The number of hydrogen-bond acceptors (Lipinski definition) is 3. The topological polar surface area (TPSA) is 44.4 Å². The average molecular weight is 265 g/mol. The number of amides is 1. The van der Waals surface area contributed by atoms with Crippen LogP contribution in [0.3, 0.4) is 0 Å². The smallest absolute Gasteiger partial charge is 0.234 e. The molecule has 0 aliphatic carbocycles. The number of halogens is 1. The maximum atomic E-state index is 13.0. The van der Waals surface area contributed by atoms with Gasteiger partial charge in [-0.05, 0) is 37.2 Å². The monoisotopic (exact) mass is 265 g/mol. The summed E-state index contributed by atoms with van der Waals surface area (Å²) in [5, 5.41) is 6.13. The van der Waals surface area contributed by atoms with Crippen molar-refractivity contribution >= 4 is 5.91 Å². The second-order valence-electron chi connectivity index (χ2n) is 4.79. The van der Waals surface area contributed by atoms with Crippen LogP contribution in [0.1, 0.15) is 12.0 Å². The third kappa shape index (κ3) is 4.96. The van der Waals surface area contributed by atoms with Crippen molar-refractivity contribution in [1.29, 1.82) is 0 Å². The van der Waals surface area contributed by atoms with Crippen molar-refractivity contribution in [1.82, 2.24) is 15.5 Å². The predicted octanol–water partition coefficient (Wildman–Crippen LogP) is 0.737. The van der Waals surface area contributed by atoms with E-state index in [4.69, 9.17) is 0 Å². The highest BCUT2D eigenvalue weighted by atomic mass is 19.1. The lowest BCUT2D eigenvalue weighted by molar-refractivity contribution is -0.122. The summed E-state index contributed by atoms with van der Waals surface area (Å²) < 4.78 is 13.0. The number of nitrogens with one attached hydrogen (secondary N) is 2. The minimum atomic E-state index is -0.273. The van der Waals surface area contributed by atoms with E-state index in [1.165, 1.54) is 12.1 Å². The summed E-state index contributed by atoms with van der Waals surface area (Å²) in [5.74, 6) is -0.281. The van der Waals surface area contributed by atoms with E-state index in [1.54, 1.807) is 12.1 Å². The van der Waals surface area contributed by atoms with E-state index < -0.39 is 0 Å². The third-order valence-corrected chi connectivity index (χ3v) is 3.18. The Morgan fingerprint density at radius 3 is 3.11 bits per heavy atom. The Morgan fingerprint density at radius 1 is 1.37 bits per heavy atom. The van der Waals surface area contributed by atoms with E-state index in [0.717, 1.165) is 38.2 Å². The minimum Gasteiger partial charge on any atom is -0.351 e. The molecule has 0 saturated carbocycles. The zero-order chi connectivity index (χ0) is 13.5. The zero-order valence-corrected chi connectivity index (χ0v) is 11.0.